The van der Waals surface area contributed by atoms with Gasteiger partial charge in [-0.25, -0.2) is 13.2 Å². The number of halogens is 3. The monoisotopic (exact) mass is 325 g/mol. The SMILES string of the molecule is N#C/C(=C/Nc1ccc(F)c(F)c1F)C(=O)NCC1CCCO1. The van der Waals surface area contributed by atoms with Crippen LogP contribution in [0.25, 0.3) is 0 Å². The third-order valence-electron chi connectivity index (χ3n) is 3.29. The van der Waals surface area contributed by atoms with Crippen LogP contribution >= 0.6 is 0 Å². The summed E-state index contributed by atoms with van der Waals surface area (Å²) < 4.78 is 44.7. The van der Waals surface area contributed by atoms with Gasteiger partial charge in [-0.15, -0.1) is 0 Å². The highest BCUT2D eigenvalue weighted by Crippen LogP contribution is 2.19. The zero-order valence-corrected chi connectivity index (χ0v) is 12.0. The Morgan fingerprint density at radius 2 is 2.17 bits per heavy atom. The largest absolute Gasteiger partial charge is 0.376 e. The number of anilines is 1. The number of hydrogen-bond donors (Lipinski definition) is 2. The molecule has 0 saturated carbocycles. The van der Waals surface area contributed by atoms with Crippen LogP contribution in [-0.2, 0) is 9.53 Å². The minimum Gasteiger partial charge on any atom is -0.376 e. The third-order valence-corrected chi connectivity index (χ3v) is 3.29. The van der Waals surface area contributed by atoms with Crippen LogP contribution in [0.15, 0.2) is 23.9 Å². The fraction of sp³-hybridized carbons (Fsp3) is 0.333. The van der Waals surface area contributed by atoms with E-state index in [0.717, 1.165) is 31.2 Å². The molecule has 5 nitrogen and oxygen atoms in total. The second-order valence-corrected chi connectivity index (χ2v) is 4.88. The van der Waals surface area contributed by atoms with E-state index in [-0.39, 0.29) is 23.9 Å². The summed E-state index contributed by atoms with van der Waals surface area (Å²) in [6.45, 7) is 0.899. The summed E-state index contributed by atoms with van der Waals surface area (Å²) in [6.07, 6.45) is 2.58. The first-order chi connectivity index (χ1) is 11.0. The van der Waals surface area contributed by atoms with Crippen molar-refractivity contribution in [1.82, 2.24) is 5.32 Å². The van der Waals surface area contributed by atoms with E-state index in [1.54, 1.807) is 6.07 Å². The molecule has 0 aliphatic carbocycles. The number of amides is 1. The number of carbonyl (C=O) groups excluding carboxylic acids is 1. The number of carbonyl (C=O) groups is 1. The highest BCUT2D eigenvalue weighted by Gasteiger charge is 2.18. The van der Waals surface area contributed by atoms with Crippen molar-refractivity contribution in [3.8, 4) is 6.07 Å². The van der Waals surface area contributed by atoms with Crippen molar-refractivity contribution < 1.29 is 22.7 Å². The quantitative estimate of drug-likeness (QED) is 0.494. The lowest BCUT2D eigenvalue weighted by atomic mass is 10.2. The number of benzene rings is 1. The second kappa shape index (κ2) is 7.65. The molecule has 0 radical (unpaired) electrons. The Morgan fingerprint density at radius 3 is 2.83 bits per heavy atom. The van der Waals surface area contributed by atoms with Gasteiger partial charge < -0.3 is 15.4 Å². The Kier molecular flexibility index (Phi) is 5.60. The summed E-state index contributed by atoms with van der Waals surface area (Å²) in [4.78, 5) is 11.8. The van der Waals surface area contributed by atoms with Crippen molar-refractivity contribution in [2.75, 3.05) is 18.5 Å². The number of nitrogens with zero attached hydrogens (tertiary/aromatic N) is 1. The predicted molar refractivity (Wildman–Crippen MR) is 75.6 cm³/mol. The molecule has 2 N–H and O–H groups in total. The van der Waals surface area contributed by atoms with E-state index in [1.165, 1.54) is 0 Å². The molecular formula is C15H14F3N3O2. The summed E-state index contributed by atoms with van der Waals surface area (Å²) in [5.41, 5.74) is -0.712. The number of rotatable bonds is 5. The summed E-state index contributed by atoms with van der Waals surface area (Å²) in [6, 6.07) is 3.34. The van der Waals surface area contributed by atoms with Gasteiger partial charge in [0.15, 0.2) is 17.5 Å². The van der Waals surface area contributed by atoms with E-state index in [0.29, 0.717) is 6.61 Å². The fourth-order valence-electron chi connectivity index (χ4n) is 2.04. The van der Waals surface area contributed by atoms with Crippen LogP contribution in [0.5, 0.6) is 0 Å². The van der Waals surface area contributed by atoms with E-state index < -0.39 is 23.4 Å². The maximum atomic E-state index is 13.5. The van der Waals surface area contributed by atoms with Crippen LogP contribution in [0.4, 0.5) is 18.9 Å². The molecule has 1 aromatic carbocycles. The topological polar surface area (TPSA) is 74.2 Å². The van der Waals surface area contributed by atoms with Gasteiger partial charge in [0.25, 0.3) is 5.91 Å². The number of nitrogens with one attached hydrogen (secondary N) is 2. The first kappa shape index (κ1) is 16.8. The smallest absolute Gasteiger partial charge is 0.263 e. The van der Waals surface area contributed by atoms with Gasteiger partial charge in [0, 0.05) is 19.4 Å². The molecule has 1 saturated heterocycles. The normalized spacial score (nSPS) is 17.7. The number of ether oxygens (including phenoxy) is 1. The van der Waals surface area contributed by atoms with Gasteiger partial charge in [-0.2, -0.15) is 5.26 Å². The van der Waals surface area contributed by atoms with Crippen molar-refractivity contribution in [1.29, 1.82) is 5.26 Å². The minimum absolute atomic E-state index is 0.0875. The average Bonchev–Trinajstić information content (AvgIpc) is 3.06. The highest BCUT2D eigenvalue weighted by molar-refractivity contribution is 5.97. The fourth-order valence-corrected chi connectivity index (χ4v) is 2.04. The van der Waals surface area contributed by atoms with Gasteiger partial charge in [0.1, 0.15) is 11.6 Å². The number of nitriles is 1. The Labute approximate surface area is 130 Å². The summed E-state index contributed by atoms with van der Waals surface area (Å²) in [5.74, 6) is -5.06. The van der Waals surface area contributed by atoms with Gasteiger partial charge >= 0.3 is 0 Å². The standard InChI is InChI=1S/C15H14F3N3O2/c16-11-3-4-12(14(18)13(11)17)20-7-9(6-19)15(22)21-8-10-2-1-5-23-10/h3-4,7,10,20H,1-2,5,8H2,(H,21,22)/b9-7-. The lowest BCUT2D eigenvalue weighted by Crippen LogP contribution is -2.32. The summed E-state index contributed by atoms with van der Waals surface area (Å²) >= 11 is 0. The Morgan fingerprint density at radius 1 is 1.39 bits per heavy atom. The number of hydrogen-bond acceptors (Lipinski definition) is 4. The van der Waals surface area contributed by atoms with Crippen molar-refractivity contribution in [3.05, 3.63) is 41.4 Å². The van der Waals surface area contributed by atoms with E-state index in [1.807, 2.05) is 0 Å². The zero-order chi connectivity index (χ0) is 16.8. The van der Waals surface area contributed by atoms with Crippen molar-refractivity contribution >= 4 is 11.6 Å². The Bertz CT molecular complexity index is 665. The molecule has 1 amide bonds. The maximum Gasteiger partial charge on any atom is 0.263 e. The second-order valence-electron chi connectivity index (χ2n) is 4.88. The van der Waals surface area contributed by atoms with Crippen molar-refractivity contribution in [3.63, 3.8) is 0 Å². The zero-order valence-electron chi connectivity index (χ0n) is 12.0. The first-order valence-corrected chi connectivity index (χ1v) is 6.93. The van der Waals surface area contributed by atoms with Gasteiger partial charge in [-0.1, -0.05) is 0 Å². The van der Waals surface area contributed by atoms with E-state index in [4.69, 9.17) is 10.00 Å². The Hall–Kier alpha value is -2.53. The molecule has 1 heterocycles. The third kappa shape index (κ3) is 4.23. The summed E-state index contributed by atoms with van der Waals surface area (Å²) in [7, 11) is 0. The minimum atomic E-state index is -1.63. The Balaban J connectivity index is 1.99. The van der Waals surface area contributed by atoms with Crippen LogP contribution in [0.1, 0.15) is 12.8 Å². The molecule has 1 unspecified atom stereocenters. The molecule has 0 spiro atoms. The predicted octanol–water partition coefficient (Wildman–Crippen LogP) is 2.22. The van der Waals surface area contributed by atoms with E-state index in [2.05, 4.69) is 10.6 Å². The maximum absolute atomic E-state index is 13.5. The van der Waals surface area contributed by atoms with Crippen molar-refractivity contribution in [2.24, 2.45) is 0 Å². The molecule has 1 atom stereocenters. The van der Waals surface area contributed by atoms with Crippen molar-refractivity contribution in [2.45, 2.75) is 18.9 Å². The van der Waals surface area contributed by atoms with E-state index in [9.17, 15) is 18.0 Å². The van der Waals surface area contributed by atoms with Gasteiger partial charge in [0.2, 0.25) is 0 Å². The average molecular weight is 325 g/mol. The van der Waals surface area contributed by atoms with Crippen LogP contribution in [0, 0.1) is 28.8 Å². The van der Waals surface area contributed by atoms with Gasteiger partial charge in [-0.3, -0.25) is 4.79 Å². The molecule has 23 heavy (non-hydrogen) atoms. The molecule has 8 heteroatoms. The van der Waals surface area contributed by atoms with Crippen LogP contribution in [0.2, 0.25) is 0 Å². The highest BCUT2D eigenvalue weighted by atomic mass is 19.2. The van der Waals surface area contributed by atoms with Crippen LogP contribution in [-0.4, -0.2) is 25.2 Å². The molecule has 1 aromatic rings. The lowest BCUT2D eigenvalue weighted by Gasteiger charge is -2.10. The molecule has 1 aliphatic heterocycles. The molecule has 2 rings (SSSR count). The van der Waals surface area contributed by atoms with Crippen LogP contribution in [0.3, 0.4) is 0 Å². The summed E-state index contributed by atoms with van der Waals surface area (Å²) in [5, 5.41) is 13.8. The van der Waals surface area contributed by atoms with E-state index >= 15 is 0 Å². The molecule has 0 aromatic heterocycles. The molecule has 122 valence electrons. The van der Waals surface area contributed by atoms with Gasteiger partial charge in [0.05, 0.1) is 11.8 Å². The lowest BCUT2D eigenvalue weighted by molar-refractivity contribution is -0.117. The molecule has 0 bridgehead atoms. The van der Waals surface area contributed by atoms with Crippen LogP contribution < -0.4 is 10.6 Å². The molecular weight excluding hydrogens is 311 g/mol. The first-order valence-electron chi connectivity index (χ1n) is 6.93. The van der Waals surface area contributed by atoms with Gasteiger partial charge in [-0.05, 0) is 25.0 Å². The molecule has 1 aliphatic rings. The molecule has 1 fully saturated rings.